The van der Waals surface area contributed by atoms with E-state index in [1.807, 2.05) is 11.5 Å². The Labute approximate surface area is 81.7 Å². The number of aromatic nitrogens is 1. The van der Waals surface area contributed by atoms with E-state index in [2.05, 4.69) is 30.9 Å². The van der Waals surface area contributed by atoms with Gasteiger partial charge in [0, 0.05) is 16.8 Å². The van der Waals surface area contributed by atoms with Crippen molar-refractivity contribution in [1.82, 2.24) is 4.98 Å². The summed E-state index contributed by atoms with van der Waals surface area (Å²) in [7, 11) is 0. The third-order valence-electron chi connectivity index (χ3n) is 1.00. The van der Waals surface area contributed by atoms with Crippen molar-refractivity contribution in [3.8, 4) is 0 Å². The number of thiazole rings is 1. The lowest BCUT2D eigenvalue weighted by Crippen LogP contribution is -1.69. The first-order chi connectivity index (χ1) is 5.83. The van der Waals surface area contributed by atoms with E-state index in [1.54, 1.807) is 6.08 Å². The van der Waals surface area contributed by atoms with Gasteiger partial charge in [0.2, 0.25) is 0 Å². The molecule has 62 valence electrons. The number of rotatable bonds is 3. The molecule has 0 bridgehead atoms. The fourth-order valence-corrected chi connectivity index (χ4v) is 1.77. The zero-order valence-corrected chi connectivity index (χ0v) is 8.42. The molecule has 0 aromatic carbocycles. The molecule has 1 heterocycles. The highest BCUT2D eigenvalue weighted by molar-refractivity contribution is 9.10. The molecule has 4 nitrogen and oxygen atoms in total. The van der Waals surface area contributed by atoms with Gasteiger partial charge in [-0.05, 0) is 27.5 Å². The number of azide groups is 1. The molecule has 0 saturated heterocycles. The van der Waals surface area contributed by atoms with Gasteiger partial charge >= 0.3 is 0 Å². The highest BCUT2D eigenvalue weighted by Crippen LogP contribution is 2.15. The molecule has 0 aliphatic carbocycles. The van der Waals surface area contributed by atoms with E-state index in [0.29, 0.717) is 6.54 Å². The molecule has 1 aromatic rings. The van der Waals surface area contributed by atoms with Crippen LogP contribution in [0.15, 0.2) is 21.2 Å². The third-order valence-corrected chi connectivity index (χ3v) is 2.52. The van der Waals surface area contributed by atoms with E-state index < -0.39 is 0 Å². The molecule has 0 amide bonds. The van der Waals surface area contributed by atoms with Crippen molar-refractivity contribution >= 4 is 33.3 Å². The quantitative estimate of drug-likeness (QED) is 0.458. The van der Waals surface area contributed by atoms with Crippen molar-refractivity contribution < 1.29 is 0 Å². The fourth-order valence-electron chi connectivity index (χ4n) is 0.581. The van der Waals surface area contributed by atoms with Crippen LogP contribution in [0.25, 0.3) is 16.5 Å². The van der Waals surface area contributed by atoms with Gasteiger partial charge in [0.15, 0.2) is 0 Å². The predicted molar refractivity (Wildman–Crippen MR) is 52.9 cm³/mol. The second-order valence-electron chi connectivity index (χ2n) is 1.82. The molecule has 0 saturated carbocycles. The predicted octanol–water partition coefficient (Wildman–Crippen LogP) is 3.23. The zero-order valence-electron chi connectivity index (χ0n) is 6.01. The van der Waals surface area contributed by atoms with Gasteiger partial charge in [-0.25, -0.2) is 4.98 Å². The third kappa shape index (κ3) is 3.04. The maximum atomic E-state index is 7.97. The minimum absolute atomic E-state index is 0.369. The van der Waals surface area contributed by atoms with Crippen molar-refractivity contribution in [1.29, 1.82) is 0 Å². The van der Waals surface area contributed by atoms with Crippen LogP contribution in [0.3, 0.4) is 0 Å². The first kappa shape index (κ1) is 9.25. The fraction of sp³-hybridized carbons (Fsp3) is 0.167. The van der Waals surface area contributed by atoms with Crippen LogP contribution in [0.5, 0.6) is 0 Å². The summed E-state index contributed by atoms with van der Waals surface area (Å²) in [6, 6.07) is 0. The Hall–Kier alpha value is -0.840. The molecule has 1 aromatic heterocycles. The van der Waals surface area contributed by atoms with Crippen LogP contribution in [0.2, 0.25) is 0 Å². The summed E-state index contributed by atoms with van der Waals surface area (Å²) >= 11 is 4.77. The molecule has 0 atom stereocenters. The second kappa shape index (κ2) is 4.92. The minimum Gasteiger partial charge on any atom is -0.230 e. The van der Waals surface area contributed by atoms with Gasteiger partial charge in [-0.15, -0.1) is 11.3 Å². The number of hydrogen-bond acceptors (Lipinski definition) is 3. The Balaban J connectivity index is 2.51. The van der Waals surface area contributed by atoms with Crippen molar-refractivity contribution in [2.75, 3.05) is 6.54 Å². The summed E-state index contributed by atoms with van der Waals surface area (Å²) in [6.45, 7) is 0.369. The lowest BCUT2D eigenvalue weighted by atomic mass is 10.5. The van der Waals surface area contributed by atoms with Crippen molar-refractivity contribution in [3.05, 3.63) is 31.5 Å². The molecular weight excluding hydrogens is 240 g/mol. The average molecular weight is 245 g/mol. The normalized spacial score (nSPS) is 10.1. The van der Waals surface area contributed by atoms with E-state index in [1.165, 1.54) is 11.3 Å². The van der Waals surface area contributed by atoms with Crippen LogP contribution < -0.4 is 0 Å². The van der Waals surface area contributed by atoms with Crippen LogP contribution in [-0.4, -0.2) is 11.5 Å². The van der Waals surface area contributed by atoms with Gasteiger partial charge < -0.3 is 0 Å². The van der Waals surface area contributed by atoms with E-state index in [-0.39, 0.29) is 0 Å². The molecule has 0 aliphatic heterocycles. The Kier molecular flexibility index (Phi) is 3.79. The van der Waals surface area contributed by atoms with Gasteiger partial charge in [-0.3, -0.25) is 0 Å². The number of hydrogen-bond donors (Lipinski definition) is 0. The molecule has 0 unspecified atom stereocenters. The first-order valence-corrected chi connectivity index (χ1v) is 4.78. The van der Waals surface area contributed by atoms with Gasteiger partial charge in [-0.2, -0.15) is 0 Å². The van der Waals surface area contributed by atoms with Crippen LogP contribution in [0.1, 0.15) is 5.01 Å². The van der Waals surface area contributed by atoms with Gasteiger partial charge in [0.25, 0.3) is 0 Å². The zero-order chi connectivity index (χ0) is 8.81. The first-order valence-electron chi connectivity index (χ1n) is 3.11. The van der Waals surface area contributed by atoms with E-state index in [9.17, 15) is 0 Å². The Morgan fingerprint density at radius 2 is 2.67 bits per heavy atom. The standard InChI is InChI=1S/C6H5BrN4S/c7-5-4-12-6(10-5)2-1-3-9-11-8/h1-2,4H,3H2. The lowest BCUT2D eigenvalue weighted by molar-refractivity contribution is 1.22. The maximum absolute atomic E-state index is 7.97. The minimum atomic E-state index is 0.369. The van der Waals surface area contributed by atoms with Crippen molar-refractivity contribution in [2.24, 2.45) is 5.11 Å². The number of nitrogens with zero attached hydrogens (tertiary/aromatic N) is 4. The molecule has 0 spiro atoms. The summed E-state index contributed by atoms with van der Waals surface area (Å²) in [5, 5.41) is 6.15. The van der Waals surface area contributed by atoms with Crippen LogP contribution in [-0.2, 0) is 0 Å². The summed E-state index contributed by atoms with van der Waals surface area (Å²) in [5.41, 5.74) is 7.97. The molecule has 0 N–H and O–H groups in total. The van der Waals surface area contributed by atoms with Gasteiger partial charge in [-0.1, -0.05) is 11.2 Å². The van der Waals surface area contributed by atoms with E-state index >= 15 is 0 Å². The molecule has 0 fully saturated rings. The summed E-state index contributed by atoms with van der Waals surface area (Å²) < 4.78 is 0.830. The maximum Gasteiger partial charge on any atom is 0.117 e. The summed E-state index contributed by atoms with van der Waals surface area (Å²) in [5.74, 6) is 0. The monoisotopic (exact) mass is 244 g/mol. The molecule has 0 aliphatic rings. The van der Waals surface area contributed by atoms with Crippen LogP contribution in [0.4, 0.5) is 0 Å². The molecule has 12 heavy (non-hydrogen) atoms. The van der Waals surface area contributed by atoms with Gasteiger partial charge in [0.05, 0.1) is 0 Å². The lowest BCUT2D eigenvalue weighted by Gasteiger charge is -1.79. The van der Waals surface area contributed by atoms with Gasteiger partial charge in [0.1, 0.15) is 9.61 Å². The van der Waals surface area contributed by atoms with Crippen molar-refractivity contribution in [2.45, 2.75) is 0 Å². The highest BCUT2D eigenvalue weighted by Gasteiger charge is 1.92. The Bertz CT molecular complexity index is 326. The topological polar surface area (TPSA) is 61.7 Å². The second-order valence-corrected chi connectivity index (χ2v) is 3.53. The smallest absolute Gasteiger partial charge is 0.117 e. The number of halogens is 1. The molecular formula is C6H5BrN4S. The van der Waals surface area contributed by atoms with Crippen LogP contribution >= 0.6 is 27.3 Å². The summed E-state index contributed by atoms with van der Waals surface area (Å²) in [6.07, 6.45) is 3.59. The average Bonchev–Trinajstić information content (AvgIpc) is 2.45. The molecule has 0 radical (unpaired) electrons. The summed E-state index contributed by atoms with van der Waals surface area (Å²) in [4.78, 5) is 6.74. The van der Waals surface area contributed by atoms with E-state index in [0.717, 1.165) is 9.61 Å². The highest BCUT2D eigenvalue weighted by atomic mass is 79.9. The van der Waals surface area contributed by atoms with E-state index in [4.69, 9.17) is 5.53 Å². The Morgan fingerprint density at radius 1 is 1.83 bits per heavy atom. The van der Waals surface area contributed by atoms with Crippen LogP contribution in [0, 0.1) is 0 Å². The Morgan fingerprint density at radius 3 is 3.25 bits per heavy atom. The largest absolute Gasteiger partial charge is 0.230 e. The molecule has 1 rings (SSSR count). The molecule has 6 heteroatoms. The SMILES string of the molecule is [N-]=[N+]=NCC=Cc1nc(Br)cs1. The van der Waals surface area contributed by atoms with Crippen molar-refractivity contribution in [3.63, 3.8) is 0 Å².